The largest absolute Gasteiger partial charge is 0.508 e. The number of anilines is 1. The number of pyridine rings is 1. The van der Waals surface area contributed by atoms with Crippen LogP contribution in [0.3, 0.4) is 0 Å². The third-order valence-corrected chi connectivity index (χ3v) is 4.01. The summed E-state index contributed by atoms with van der Waals surface area (Å²) in [4.78, 5) is 6.79. The third-order valence-electron chi connectivity index (χ3n) is 4.01. The second kappa shape index (κ2) is 7.27. The van der Waals surface area contributed by atoms with Gasteiger partial charge in [-0.2, -0.15) is 0 Å². The van der Waals surface area contributed by atoms with E-state index in [1.165, 1.54) is 0 Å². The van der Waals surface area contributed by atoms with Gasteiger partial charge >= 0.3 is 0 Å². The molecule has 136 valence electrons. The lowest BCUT2D eigenvalue weighted by atomic mass is 10.1. The summed E-state index contributed by atoms with van der Waals surface area (Å²) in [6.45, 7) is 1.60. The number of para-hydroxylation sites is 1. The van der Waals surface area contributed by atoms with Gasteiger partial charge in [-0.1, -0.05) is 12.1 Å². The van der Waals surface area contributed by atoms with Crippen LogP contribution in [-0.4, -0.2) is 42.2 Å². The number of rotatable bonds is 4. The predicted octanol–water partition coefficient (Wildman–Crippen LogP) is 4.23. The molecule has 2 heterocycles. The number of phenolic OH excluding ortho intramolecular Hbond substituents is 1. The summed E-state index contributed by atoms with van der Waals surface area (Å²) in [7, 11) is 4.04. The predicted molar refractivity (Wildman–Crippen MR) is 104 cm³/mol. The van der Waals surface area contributed by atoms with Gasteiger partial charge in [0.15, 0.2) is 23.1 Å². The smallest absolute Gasteiger partial charge is 0.212 e. The molecule has 0 radical (unpaired) electrons. The standard InChI is InChI=1S/C19H19N3O3.ClH/c1-22(2)10-9-20-19-18-17(13-5-3-4-6-14(13)21-19)25-16-11-12(23)7-8-15(16)24-18;/h3-8,11,23H,9-10H2,1-2H3,(H,20,21);1H. The zero-order valence-corrected chi connectivity index (χ0v) is 15.3. The van der Waals surface area contributed by atoms with Gasteiger partial charge in [0.25, 0.3) is 0 Å². The van der Waals surface area contributed by atoms with E-state index in [0.29, 0.717) is 28.8 Å². The lowest BCUT2D eigenvalue weighted by Gasteiger charge is -2.24. The molecule has 0 atom stereocenters. The average molecular weight is 374 g/mol. The molecular weight excluding hydrogens is 354 g/mol. The maximum atomic E-state index is 9.71. The maximum absolute atomic E-state index is 9.71. The molecule has 2 N–H and O–H groups in total. The summed E-state index contributed by atoms with van der Waals surface area (Å²) in [5, 5.41) is 13.9. The van der Waals surface area contributed by atoms with Gasteiger partial charge in [0.2, 0.25) is 5.75 Å². The molecule has 0 unspecified atom stereocenters. The van der Waals surface area contributed by atoms with Crippen LogP contribution in [0.2, 0.25) is 0 Å². The van der Waals surface area contributed by atoms with Crippen molar-refractivity contribution in [1.82, 2.24) is 9.88 Å². The lowest BCUT2D eigenvalue weighted by Crippen LogP contribution is -2.21. The fraction of sp³-hybridized carbons (Fsp3) is 0.211. The van der Waals surface area contributed by atoms with Crippen molar-refractivity contribution >= 4 is 29.1 Å². The zero-order chi connectivity index (χ0) is 17.4. The van der Waals surface area contributed by atoms with E-state index in [1.807, 2.05) is 38.4 Å². The Labute approximate surface area is 157 Å². The van der Waals surface area contributed by atoms with E-state index in [2.05, 4.69) is 10.2 Å². The Morgan fingerprint density at radius 2 is 1.81 bits per heavy atom. The second-order valence-electron chi connectivity index (χ2n) is 6.20. The van der Waals surface area contributed by atoms with Gasteiger partial charge in [0, 0.05) is 24.5 Å². The van der Waals surface area contributed by atoms with Crippen molar-refractivity contribution in [3.8, 4) is 28.7 Å². The Balaban J connectivity index is 0.00000196. The Morgan fingerprint density at radius 3 is 2.62 bits per heavy atom. The van der Waals surface area contributed by atoms with Crippen LogP contribution < -0.4 is 14.8 Å². The number of nitrogens with zero attached hydrogens (tertiary/aromatic N) is 2. The minimum atomic E-state index is 0. The summed E-state index contributed by atoms with van der Waals surface area (Å²) >= 11 is 0. The van der Waals surface area contributed by atoms with Gasteiger partial charge in [-0.25, -0.2) is 4.98 Å². The molecule has 0 saturated heterocycles. The number of hydrogen-bond acceptors (Lipinski definition) is 6. The zero-order valence-electron chi connectivity index (χ0n) is 14.5. The number of halogens is 1. The highest BCUT2D eigenvalue weighted by atomic mass is 35.5. The van der Waals surface area contributed by atoms with Gasteiger partial charge < -0.3 is 24.8 Å². The number of phenols is 1. The quantitative estimate of drug-likeness (QED) is 0.558. The Kier molecular flexibility index (Phi) is 5.06. The Hall–Kier alpha value is -2.70. The maximum Gasteiger partial charge on any atom is 0.212 e. The first-order chi connectivity index (χ1) is 12.1. The Morgan fingerprint density at radius 1 is 1.04 bits per heavy atom. The molecule has 3 aromatic rings. The average Bonchev–Trinajstić information content (AvgIpc) is 2.60. The van der Waals surface area contributed by atoms with E-state index in [1.54, 1.807) is 18.2 Å². The molecule has 2 aromatic carbocycles. The van der Waals surface area contributed by atoms with Crippen molar-refractivity contribution in [3.63, 3.8) is 0 Å². The molecule has 1 aromatic heterocycles. The molecular formula is C19H20ClN3O3. The van der Waals surface area contributed by atoms with Gasteiger partial charge in [-0.05, 0) is 38.4 Å². The van der Waals surface area contributed by atoms with Crippen LogP contribution in [0.25, 0.3) is 10.9 Å². The van der Waals surface area contributed by atoms with E-state index in [0.717, 1.165) is 24.0 Å². The van der Waals surface area contributed by atoms with Crippen molar-refractivity contribution < 1.29 is 14.6 Å². The second-order valence-corrected chi connectivity index (χ2v) is 6.20. The van der Waals surface area contributed by atoms with Crippen LogP contribution in [0, 0.1) is 0 Å². The van der Waals surface area contributed by atoms with Crippen molar-refractivity contribution in [3.05, 3.63) is 42.5 Å². The number of aromatic hydroxyl groups is 1. The molecule has 1 aliphatic heterocycles. The topological polar surface area (TPSA) is 66.9 Å². The fourth-order valence-electron chi connectivity index (χ4n) is 2.76. The van der Waals surface area contributed by atoms with Crippen LogP contribution in [0.15, 0.2) is 42.5 Å². The molecule has 0 saturated carbocycles. The molecule has 0 aliphatic carbocycles. The number of benzene rings is 2. The number of aromatic nitrogens is 1. The van der Waals surface area contributed by atoms with E-state index in [-0.39, 0.29) is 18.2 Å². The molecule has 0 spiro atoms. The van der Waals surface area contributed by atoms with E-state index < -0.39 is 0 Å². The van der Waals surface area contributed by atoms with E-state index in [9.17, 15) is 5.11 Å². The van der Waals surface area contributed by atoms with Gasteiger partial charge in [-0.15, -0.1) is 12.4 Å². The lowest BCUT2D eigenvalue weighted by molar-refractivity contribution is 0.359. The van der Waals surface area contributed by atoms with E-state index in [4.69, 9.17) is 14.5 Å². The fourth-order valence-corrected chi connectivity index (χ4v) is 2.76. The summed E-state index contributed by atoms with van der Waals surface area (Å²) in [5.74, 6) is 3.00. The number of nitrogens with one attached hydrogen (secondary N) is 1. The van der Waals surface area contributed by atoms with Gasteiger partial charge in [0.1, 0.15) is 5.75 Å². The molecule has 6 nitrogen and oxygen atoms in total. The van der Waals surface area contributed by atoms with Crippen molar-refractivity contribution in [2.75, 3.05) is 32.5 Å². The van der Waals surface area contributed by atoms with Crippen LogP contribution in [0.5, 0.6) is 28.7 Å². The highest BCUT2D eigenvalue weighted by Crippen LogP contribution is 2.51. The monoisotopic (exact) mass is 373 g/mol. The van der Waals surface area contributed by atoms with Gasteiger partial charge in [-0.3, -0.25) is 0 Å². The first kappa shape index (κ1) is 18.1. The molecule has 1 aliphatic rings. The molecule has 7 heteroatoms. The SMILES string of the molecule is CN(C)CCNc1nc2ccccc2c2c1Oc1ccc(O)cc1O2.Cl. The molecule has 0 fully saturated rings. The molecule has 4 rings (SSSR count). The summed E-state index contributed by atoms with van der Waals surface area (Å²) in [6, 6.07) is 12.6. The van der Waals surface area contributed by atoms with Crippen LogP contribution >= 0.6 is 12.4 Å². The summed E-state index contributed by atoms with van der Waals surface area (Å²) < 4.78 is 12.1. The number of ether oxygens (including phenoxy) is 2. The molecule has 0 amide bonds. The number of likely N-dealkylation sites (N-methyl/N-ethyl adjacent to an activating group) is 1. The van der Waals surface area contributed by atoms with E-state index >= 15 is 0 Å². The third kappa shape index (κ3) is 3.34. The van der Waals surface area contributed by atoms with Crippen molar-refractivity contribution in [2.45, 2.75) is 0 Å². The summed E-state index contributed by atoms with van der Waals surface area (Å²) in [6.07, 6.45) is 0. The summed E-state index contributed by atoms with van der Waals surface area (Å²) in [5.41, 5.74) is 0.820. The molecule has 26 heavy (non-hydrogen) atoms. The highest BCUT2D eigenvalue weighted by molar-refractivity contribution is 5.92. The highest BCUT2D eigenvalue weighted by Gasteiger charge is 2.26. The first-order valence-corrected chi connectivity index (χ1v) is 8.12. The minimum Gasteiger partial charge on any atom is -0.508 e. The Bertz CT molecular complexity index is 947. The first-order valence-electron chi connectivity index (χ1n) is 8.12. The normalized spacial score (nSPS) is 11.8. The van der Waals surface area contributed by atoms with Gasteiger partial charge in [0.05, 0.1) is 5.52 Å². The van der Waals surface area contributed by atoms with Crippen LogP contribution in [0.4, 0.5) is 5.82 Å². The van der Waals surface area contributed by atoms with Crippen molar-refractivity contribution in [2.24, 2.45) is 0 Å². The van der Waals surface area contributed by atoms with Crippen molar-refractivity contribution in [1.29, 1.82) is 0 Å². The number of hydrogen-bond donors (Lipinski definition) is 2. The van der Waals surface area contributed by atoms with Crippen LogP contribution in [0.1, 0.15) is 0 Å². The number of fused-ring (bicyclic) bond motifs is 4. The van der Waals surface area contributed by atoms with Crippen LogP contribution in [-0.2, 0) is 0 Å². The molecule has 0 bridgehead atoms. The minimum absolute atomic E-state index is 0.